The Bertz CT molecular complexity index is 1020. The minimum absolute atomic E-state index is 0.158. The Hall–Kier alpha value is -3.22. The summed E-state index contributed by atoms with van der Waals surface area (Å²) in [5.41, 5.74) is 10.7. The quantitative estimate of drug-likeness (QED) is 0.312. The van der Waals surface area contributed by atoms with Gasteiger partial charge in [-0.2, -0.15) is 5.26 Å². The van der Waals surface area contributed by atoms with Crippen molar-refractivity contribution in [3.05, 3.63) is 52.6 Å². The number of amides is 1. The maximum absolute atomic E-state index is 13.3. The van der Waals surface area contributed by atoms with Gasteiger partial charge in [0.05, 0.1) is 17.3 Å². The predicted octanol–water partition coefficient (Wildman–Crippen LogP) is 1.84. The first-order chi connectivity index (χ1) is 16.7. The molecule has 9 nitrogen and oxygen atoms in total. The third-order valence-corrected chi connectivity index (χ3v) is 7.16. The Morgan fingerprint density at radius 1 is 1.29 bits per heavy atom. The number of nitrogens with two attached hydrogens (primary N) is 2. The number of nitrogens with zero attached hydrogens (tertiary/aromatic N) is 4. The molecule has 2 aliphatic rings. The van der Waals surface area contributed by atoms with E-state index in [2.05, 4.69) is 26.5 Å². The highest BCUT2D eigenvalue weighted by Gasteiger charge is 2.42. The predicted molar refractivity (Wildman–Crippen MR) is 139 cm³/mol. The molecule has 0 saturated heterocycles. The summed E-state index contributed by atoms with van der Waals surface area (Å²) in [6.07, 6.45) is 7.63. The lowest BCUT2D eigenvalue weighted by Crippen LogP contribution is -2.49. The number of benzene rings is 1. The Morgan fingerprint density at radius 3 is 2.54 bits per heavy atom. The number of hydrazine groups is 1. The second-order valence-corrected chi connectivity index (χ2v) is 9.59. The number of hydrogen-bond acceptors (Lipinski definition) is 8. The topological polar surface area (TPSA) is 127 Å². The first-order valence-corrected chi connectivity index (χ1v) is 12.3. The van der Waals surface area contributed by atoms with Crippen molar-refractivity contribution < 1.29 is 4.79 Å². The highest BCUT2D eigenvalue weighted by molar-refractivity contribution is 5.85. The molecule has 1 saturated carbocycles. The van der Waals surface area contributed by atoms with Gasteiger partial charge in [0, 0.05) is 33.9 Å². The van der Waals surface area contributed by atoms with Crippen LogP contribution >= 0.6 is 0 Å². The normalized spacial score (nSPS) is 19.8. The van der Waals surface area contributed by atoms with Crippen LogP contribution in [0.3, 0.4) is 0 Å². The van der Waals surface area contributed by atoms with E-state index in [9.17, 15) is 10.1 Å². The second-order valence-electron chi connectivity index (χ2n) is 9.59. The molecule has 1 aliphatic heterocycles. The van der Waals surface area contributed by atoms with Gasteiger partial charge < -0.3 is 31.2 Å². The van der Waals surface area contributed by atoms with Crippen LogP contribution in [0.4, 0.5) is 0 Å². The monoisotopic (exact) mass is 480 g/mol. The van der Waals surface area contributed by atoms with Crippen LogP contribution in [0.2, 0.25) is 0 Å². The smallest absolute Gasteiger partial charge is 0.243 e. The fourth-order valence-corrected chi connectivity index (χ4v) is 5.49. The minimum atomic E-state index is -0.579. The van der Waals surface area contributed by atoms with E-state index in [4.69, 9.17) is 11.6 Å². The molecule has 1 aliphatic carbocycles. The summed E-state index contributed by atoms with van der Waals surface area (Å²) in [7, 11) is 7.58. The van der Waals surface area contributed by atoms with E-state index in [0.29, 0.717) is 23.8 Å². The van der Waals surface area contributed by atoms with Gasteiger partial charge in [-0.15, -0.1) is 0 Å². The number of allylic oxidation sites excluding steroid dienone is 1. The summed E-state index contributed by atoms with van der Waals surface area (Å²) in [6.45, 7) is 2.34. The zero-order valence-electron chi connectivity index (χ0n) is 21.6. The molecular weight excluding hydrogens is 440 g/mol. The molecule has 9 heteroatoms. The first kappa shape index (κ1) is 26.4. The SMILES string of the molecule is CC/C(=C\N(C)N)c1cc(C#N)cc(CNC(=O)C(NC)C2=C(N)N(C)C(C3CCCC3)N2C)c1. The molecule has 0 aromatic heterocycles. The minimum Gasteiger partial charge on any atom is -0.384 e. The van der Waals surface area contributed by atoms with E-state index in [1.165, 1.54) is 30.7 Å². The highest BCUT2D eigenvalue weighted by Crippen LogP contribution is 2.37. The Kier molecular flexibility index (Phi) is 8.65. The summed E-state index contributed by atoms with van der Waals surface area (Å²) < 4.78 is 0. The number of likely N-dealkylation sites (N-methyl/N-ethyl adjacent to an activating group) is 2. The van der Waals surface area contributed by atoms with Gasteiger partial charge in [0.15, 0.2) is 0 Å². The Labute approximate surface area is 209 Å². The van der Waals surface area contributed by atoms with E-state index >= 15 is 0 Å². The van der Waals surface area contributed by atoms with Crippen molar-refractivity contribution in [2.24, 2.45) is 17.5 Å². The Balaban J connectivity index is 1.78. The van der Waals surface area contributed by atoms with Crippen molar-refractivity contribution in [2.75, 3.05) is 28.2 Å². The Morgan fingerprint density at radius 2 is 1.97 bits per heavy atom. The molecule has 0 bridgehead atoms. The van der Waals surface area contributed by atoms with Crippen molar-refractivity contribution in [3.8, 4) is 6.07 Å². The maximum atomic E-state index is 13.3. The van der Waals surface area contributed by atoms with Crippen LogP contribution in [0, 0.1) is 17.2 Å². The molecule has 2 unspecified atom stereocenters. The van der Waals surface area contributed by atoms with Gasteiger partial charge in [-0.1, -0.05) is 19.8 Å². The standard InChI is InChI=1S/C26H40N8O/c1-6-19(16-32(3)29)21-12-17(14-27)11-18(13-21)15-31-25(35)22(30-2)23-24(28)34(5)26(33(23)4)20-9-7-8-10-20/h11-13,16,20,22,26,30H,6-10,15,28-29H2,1-5H3,(H,31,35)/b19-16+. The van der Waals surface area contributed by atoms with E-state index in [-0.39, 0.29) is 12.1 Å². The fraction of sp³-hybridized carbons (Fsp3) is 0.538. The van der Waals surface area contributed by atoms with Crippen molar-refractivity contribution >= 4 is 11.5 Å². The lowest BCUT2D eigenvalue weighted by Gasteiger charge is -2.35. The van der Waals surface area contributed by atoms with Crippen LogP contribution < -0.4 is 22.2 Å². The van der Waals surface area contributed by atoms with Crippen molar-refractivity contribution in [1.29, 1.82) is 5.26 Å². The molecule has 1 amide bonds. The van der Waals surface area contributed by atoms with Gasteiger partial charge in [0.25, 0.3) is 0 Å². The van der Waals surface area contributed by atoms with Crippen molar-refractivity contribution in [1.82, 2.24) is 25.4 Å². The zero-order valence-corrected chi connectivity index (χ0v) is 21.6. The number of nitriles is 1. The summed E-state index contributed by atoms with van der Waals surface area (Å²) in [5.74, 6) is 6.83. The third-order valence-electron chi connectivity index (χ3n) is 7.16. The molecule has 190 valence electrons. The third kappa shape index (κ3) is 5.72. The van der Waals surface area contributed by atoms with E-state index in [1.54, 1.807) is 20.2 Å². The molecule has 6 N–H and O–H groups in total. The van der Waals surface area contributed by atoms with Crippen LogP contribution in [0.5, 0.6) is 0 Å². The second kappa shape index (κ2) is 11.5. The van der Waals surface area contributed by atoms with E-state index in [1.807, 2.05) is 39.4 Å². The van der Waals surface area contributed by atoms with Crippen LogP contribution in [0.25, 0.3) is 5.57 Å². The average molecular weight is 481 g/mol. The zero-order chi connectivity index (χ0) is 25.7. The van der Waals surface area contributed by atoms with Gasteiger partial charge in [0.2, 0.25) is 5.91 Å². The van der Waals surface area contributed by atoms with Gasteiger partial charge >= 0.3 is 0 Å². The fourth-order valence-electron chi connectivity index (χ4n) is 5.49. The molecule has 3 rings (SSSR count). The number of carbonyl (C=O) groups excluding carboxylic acids is 1. The van der Waals surface area contributed by atoms with Crippen molar-refractivity contribution in [3.63, 3.8) is 0 Å². The molecule has 35 heavy (non-hydrogen) atoms. The molecule has 0 spiro atoms. The molecule has 1 fully saturated rings. The number of hydrogen-bond donors (Lipinski definition) is 4. The van der Waals surface area contributed by atoms with Gasteiger partial charge in [-0.05, 0) is 67.1 Å². The van der Waals surface area contributed by atoms with Crippen LogP contribution in [0.15, 0.2) is 35.9 Å². The average Bonchev–Trinajstić information content (AvgIpc) is 3.44. The number of nitrogens with one attached hydrogen (secondary N) is 2. The summed E-state index contributed by atoms with van der Waals surface area (Å²) in [4.78, 5) is 17.6. The van der Waals surface area contributed by atoms with E-state index in [0.717, 1.165) is 28.8 Å². The maximum Gasteiger partial charge on any atom is 0.243 e. The first-order valence-electron chi connectivity index (χ1n) is 12.3. The summed E-state index contributed by atoms with van der Waals surface area (Å²) >= 11 is 0. The molecule has 2 atom stereocenters. The lowest BCUT2D eigenvalue weighted by atomic mass is 9.99. The van der Waals surface area contributed by atoms with Gasteiger partial charge in [-0.25, -0.2) is 5.84 Å². The molecule has 0 radical (unpaired) electrons. The van der Waals surface area contributed by atoms with Crippen LogP contribution in [0.1, 0.15) is 55.7 Å². The van der Waals surface area contributed by atoms with Crippen molar-refractivity contribution in [2.45, 2.75) is 57.8 Å². The molecule has 1 aromatic carbocycles. The van der Waals surface area contributed by atoms with Crippen LogP contribution in [-0.2, 0) is 11.3 Å². The summed E-state index contributed by atoms with van der Waals surface area (Å²) in [6, 6.07) is 7.28. The van der Waals surface area contributed by atoms with Gasteiger partial charge in [0.1, 0.15) is 18.0 Å². The largest absolute Gasteiger partial charge is 0.384 e. The van der Waals surface area contributed by atoms with Gasteiger partial charge in [-0.3, -0.25) is 4.79 Å². The number of rotatable bonds is 9. The van der Waals surface area contributed by atoms with E-state index < -0.39 is 6.04 Å². The van der Waals surface area contributed by atoms with Crippen LogP contribution in [-0.4, -0.2) is 61.1 Å². The molecule has 1 heterocycles. The lowest BCUT2D eigenvalue weighted by molar-refractivity contribution is -0.122. The number of carbonyl (C=O) groups is 1. The summed E-state index contributed by atoms with van der Waals surface area (Å²) in [5, 5.41) is 17.2. The molecule has 1 aromatic rings. The molecular formula is C26H40N8O. The highest BCUT2D eigenvalue weighted by atomic mass is 16.2.